The van der Waals surface area contributed by atoms with E-state index in [4.69, 9.17) is 11.6 Å². The maximum absolute atomic E-state index is 13.0. The standard InChI is InChI=1S/C22H15BrClNO5/c23-14-7-16(27)19-13(20(14)28)6-11-9(2-3-10-18(11)22(30)25-21(10)29)17(19)12-5-8(24)1-4-15(12)26/h1-2,4-5,7,10-11,17-18,26H,3,6H2,(H,25,29,30)/t10-,11+,17+,18-/m0/s1. The number of nitrogens with one attached hydrogen (secondary N) is 1. The Bertz CT molecular complexity index is 1160. The molecule has 0 aromatic heterocycles. The van der Waals surface area contributed by atoms with Gasteiger partial charge in [-0.15, -0.1) is 0 Å². The van der Waals surface area contributed by atoms with Gasteiger partial charge in [-0.2, -0.15) is 0 Å². The molecule has 0 spiro atoms. The van der Waals surface area contributed by atoms with Crippen molar-refractivity contribution in [3.8, 4) is 5.75 Å². The molecule has 0 bridgehead atoms. The molecule has 1 aromatic rings. The molecule has 2 amide bonds. The van der Waals surface area contributed by atoms with Crippen molar-refractivity contribution in [3.63, 3.8) is 0 Å². The van der Waals surface area contributed by atoms with Crippen LogP contribution in [0.5, 0.6) is 5.75 Å². The Morgan fingerprint density at radius 1 is 1.10 bits per heavy atom. The summed E-state index contributed by atoms with van der Waals surface area (Å²) in [5.74, 6) is -3.60. The van der Waals surface area contributed by atoms with E-state index in [-0.39, 0.29) is 40.0 Å². The first-order chi connectivity index (χ1) is 14.3. The Kier molecular flexibility index (Phi) is 4.38. The smallest absolute Gasteiger partial charge is 0.231 e. The molecular weight excluding hydrogens is 474 g/mol. The number of aromatic hydroxyl groups is 1. The molecule has 1 fully saturated rings. The molecule has 0 unspecified atom stereocenters. The zero-order valence-electron chi connectivity index (χ0n) is 15.4. The van der Waals surface area contributed by atoms with Gasteiger partial charge in [0.25, 0.3) is 0 Å². The molecule has 0 radical (unpaired) electrons. The molecule has 1 aromatic carbocycles. The molecule has 6 nitrogen and oxygen atoms in total. The summed E-state index contributed by atoms with van der Waals surface area (Å²) in [7, 11) is 0. The van der Waals surface area contributed by atoms with Crippen LogP contribution in [-0.2, 0) is 19.2 Å². The van der Waals surface area contributed by atoms with Crippen LogP contribution in [0.3, 0.4) is 0 Å². The molecule has 3 aliphatic carbocycles. The molecule has 1 heterocycles. The highest BCUT2D eigenvalue weighted by Crippen LogP contribution is 2.55. The minimum absolute atomic E-state index is 0.0549. The highest BCUT2D eigenvalue weighted by atomic mass is 79.9. The Balaban J connectivity index is 1.75. The average molecular weight is 489 g/mol. The van der Waals surface area contributed by atoms with Gasteiger partial charge in [-0.05, 0) is 52.9 Å². The number of carbonyl (C=O) groups is 4. The average Bonchev–Trinajstić information content (AvgIpc) is 3.00. The van der Waals surface area contributed by atoms with Crippen molar-refractivity contribution in [2.24, 2.45) is 17.8 Å². The molecule has 4 aliphatic rings. The van der Waals surface area contributed by atoms with Crippen LogP contribution >= 0.6 is 27.5 Å². The summed E-state index contributed by atoms with van der Waals surface area (Å²) in [6.45, 7) is 0. The second kappa shape index (κ2) is 6.75. The first-order valence-electron chi connectivity index (χ1n) is 9.50. The largest absolute Gasteiger partial charge is 0.508 e. The zero-order chi connectivity index (χ0) is 21.3. The minimum atomic E-state index is -0.713. The molecule has 1 aliphatic heterocycles. The van der Waals surface area contributed by atoms with Gasteiger partial charge in [-0.1, -0.05) is 23.3 Å². The number of halogens is 2. The highest BCUT2D eigenvalue weighted by molar-refractivity contribution is 9.12. The number of carbonyl (C=O) groups excluding carboxylic acids is 4. The Morgan fingerprint density at radius 2 is 1.87 bits per heavy atom. The predicted octanol–water partition coefficient (Wildman–Crippen LogP) is 3.10. The first-order valence-corrected chi connectivity index (χ1v) is 10.7. The van der Waals surface area contributed by atoms with Crippen molar-refractivity contribution >= 4 is 50.9 Å². The van der Waals surface area contributed by atoms with Crippen LogP contribution in [0.1, 0.15) is 24.3 Å². The third-order valence-electron chi connectivity index (χ3n) is 6.47. The Morgan fingerprint density at radius 3 is 2.63 bits per heavy atom. The topological polar surface area (TPSA) is 101 Å². The van der Waals surface area contributed by atoms with E-state index in [1.54, 1.807) is 6.07 Å². The number of imide groups is 1. The molecule has 1 saturated heterocycles. The van der Waals surface area contributed by atoms with Crippen LogP contribution in [0.2, 0.25) is 5.02 Å². The molecule has 152 valence electrons. The van der Waals surface area contributed by atoms with E-state index in [1.807, 2.05) is 6.08 Å². The Labute approximate surface area is 184 Å². The highest BCUT2D eigenvalue weighted by Gasteiger charge is 2.53. The van der Waals surface area contributed by atoms with Gasteiger partial charge in [0.1, 0.15) is 5.75 Å². The monoisotopic (exact) mass is 487 g/mol. The quantitative estimate of drug-likeness (QED) is 0.359. The number of Topliss-reactive ketones (excluding diaryl/α,β-unsaturated/α-hetero) is 1. The number of hydrogen-bond acceptors (Lipinski definition) is 5. The summed E-state index contributed by atoms with van der Waals surface area (Å²) >= 11 is 9.34. The van der Waals surface area contributed by atoms with Crippen molar-refractivity contribution < 1.29 is 24.3 Å². The lowest BCUT2D eigenvalue weighted by Gasteiger charge is -2.42. The molecule has 5 rings (SSSR count). The van der Waals surface area contributed by atoms with Crippen molar-refractivity contribution in [3.05, 3.63) is 62.1 Å². The lowest BCUT2D eigenvalue weighted by Crippen LogP contribution is -2.39. The number of hydrogen-bond donors (Lipinski definition) is 2. The van der Waals surface area contributed by atoms with E-state index in [0.29, 0.717) is 28.2 Å². The van der Waals surface area contributed by atoms with Crippen LogP contribution < -0.4 is 5.32 Å². The number of amides is 2. The minimum Gasteiger partial charge on any atom is -0.508 e. The van der Waals surface area contributed by atoms with E-state index in [0.717, 1.165) is 5.57 Å². The molecule has 30 heavy (non-hydrogen) atoms. The fraction of sp³-hybridized carbons (Fsp3) is 0.273. The zero-order valence-corrected chi connectivity index (χ0v) is 17.8. The van der Waals surface area contributed by atoms with E-state index < -0.39 is 23.7 Å². The van der Waals surface area contributed by atoms with E-state index in [1.165, 1.54) is 18.2 Å². The van der Waals surface area contributed by atoms with Gasteiger partial charge < -0.3 is 5.11 Å². The third kappa shape index (κ3) is 2.68. The lowest BCUT2D eigenvalue weighted by molar-refractivity contribution is -0.126. The van der Waals surface area contributed by atoms with Gasteiger partial charge in [0.05, 0.1) is 16.3 Å². The molecule has 2 N–H and O–H groups in total. The maximum atomic E-state index is 13.0. The van der Waals surface area contributed by atoms with Crippen LogP contribution in [0.4, 0.5) is 0 Å². The fourth-order valence-corrected chi connectivity index (χ4v) is 5.86. The summed E-state index contributed by atoms with van der Waals surface area (Å²) in [5, 5.41) is 13.4. The fourth-order valence-electron chi connectivity index (χ4n) is 5.23. The van der Waals surface area contributed by atoms with E-state index in [9.17, 15) is 24.3 Å². The van der Waals surface area contributed by atoms with Crippen molar-refractivity contribution in [2.75, 3.05) is 0 Å². The molecular formula is C22H15BrClNO5. The number of phenolic OH excluding ortho intramolecular Hbond substituents is 1. The van der Waals surface area contributed by atoms with Gasteiger partial charge in [0, 0.05) is 33.7 Å². The van der Waals surface area contributed by atoms with Gasteiger partial charge in [0.15, 0.2) is 11.6 Å². The summed E-state index contributed by atoms with van der Waals surface area (Å²) in [4.78, 5) is 50.8. The van der Waals surface area contributed by atoms with Crippen LogP contribution in [0.15, 0.2) is 51.6 Å². The summed E-state index contributed by atoms with van der Waals surface area (Å²) in [5.41, 5.74) is 1.78. The van der Waals surface area contributed by atoms with Gasteiger partial charge in [-0.25, -0.2) is 0 Å². The van der Waals surface area contributed by atoms with Crippen LogP contribution in [-0.4, -0.2) is 28.5 Å². The number of allylic oxidation sites excluding steroid dienone is 6. The van der Waals surface area contributed by atoms with Crippen LogP contribution in [0.25, 0.3) is 0 Å². The number of ketones is 2. The number of rotatable bonds is 1. The third-order valence-corrected chi connectivity index (χ3v) is 7.30. The van der Waals surface area contributed by atoms with Gasteiger partial charge in [-0.3, -0.25) is 24.5 Å². The summed E-state index contributed by atoms with van der Waals surface area (Å²) in [6, 6.07) is 4.56. The SMILES string of the molecule is O=C1C=C(Br)C(=O)C2=C1[C@@H](c1cc(Cl)ccc1O)C1=CC[C@@H]3C(=O)NC(=O)[C@@H]3[C@@H]1C2. The Hall–Kier alpha value is -2.51. The second-order valence-electron chi connectivity index (χ2n) is 7.95. The predicted molar refractivity (Wildman–Crippen MR) is 111 cm³/mol. The van der Waals surface area contributed by atoms with E-state index in [2.05, 4.69) is 21.2 Å². The van der Waals surface area contributed by atoms with Crippen molar-refractivity contribution in [1.82, 2.24) is 5.32 Å². The maximum Gasteiger partial charge on any atom is 0.231 e. The molecule has 8 heteroatoms. The van der Waals surface area contributed by atoms with Crippen molar-refractivity contribution in [1.29, 1.82) is 0 Å². The number of benzene rings is 1. The number of fused-ring (bicyclic) bond motifs is 3. The normalized spacial score (nSPS) is 30.3. The first kappa shape index (κ1) is 19.5. The number of phenols is 1. The van der Waals surface area contributed by atoms with Crippen LogP contribution in [0, 0.1) is 17.8 Å². The van der Waals surface area contributed by atoms with E-state index >= 15 is 0 Å². The summed E-state index contributed by atoms with van der Waals surface area (Å²) in [6.07, 6.45) is 3.67. The molecule has 0 saturated carbocycles. The van der Waals surface area contributed by atoms with Crippen molar-refractivity contribution in [2.45, 2.75) is 18.8 Å². The molecule has 4 atom stereocenters. The lowest BCUT2D eigenvalue weighted by atomic mass is 9.59. The van der Waals surface area contributed by atoms with Gasteiger partial charge >= 0.3 is 0 Å². The summed E-state index contributed by atoms with van der Waals surface area (Å²) < 4.78 is 0.159. The second-order valence-corrected chi connectivity index (χ2v) is 9.24. The van der Waals surface area contributed by atoms with Gasteiger partial charge in [0.2, 0.25) is 11.8 Å².